The quantitative estimate of drug-likeness (QED) is 0.0336. The van der Waals surface area contributed by atoms with Crippen LogP contribution in [0.15, 0.2) is 141 Å². The second-order valence-corrected chi connectivity index (χ2v) is 11.3. The number of nitrogens with zero attached hydrogens (tertiary/aromatic N) is 2. The molecule has 0 aliphatic rings. The predicted octanol–water partition coefficient (Wildman–Crippen LogP) is 6.26. The summed E-state index contributed by atoms with van der Waals surface area (Å²) >= 11 is 0. The van der Waals surface area contributed by atoms with Gasteiger partial charge in [0.15, 0.2) is 0 Å². The van der Waals surface area contributed by atoms with Crippen LogP contribution in [-0.4, -0.2) is 48.3 Å². The number of esters is 4. The van der Waals surface area contributed by atoms with Gasteiger partial charge in [0.1, 0.15) is 60.0 Å². The van der Waals surface area contributed by atoms with Gasteiger partial charge in [0.25, 0.3) is 0 Å². The summed E-state index contributed by atoms with van der Waals surface area (Å²) in [7, 11) is 0. The lowest BCUT2D eigenvalue weighted by Gasteiger charge is -2.09. The van der Waals surface area contributed by atoms with E-state index >= 15 is 0 Å². The Morgan fingerprint density at radius 3 is 1.58 bits per heavy atom. The molecule has 0 saturated carbocycles. The van der Waals surface area contributed by atoms with E-state index in [1.165, 1.54) is 24.3 Å². The maximum atomic E-state index is 12.7. The van der Waals surface area contributed by atoms with Crippen molar-refractivity contribution in [2.24, 2.45) is 0 Å². The molecular weight excluding hydrogens is 680 g/mol. The van der Waals surface area contributed by atoms with Crippen molar-refractivity contribution >= 4 is 23.9 Å². The van der Waals surface area contributed by atoms with Gasteiger partial charge in [-0.3, -0.25) is 0 Å². The van der Waals surface area contributed by atoms with Crippen LogP contribution in [0, 0.1) is 0 Å². The second kappa shape index (κ2) is 18.9. The summed E-state index contributed by atoms with van der Waals surface area (Å²) in [6.07, 6.45) is 9.32. The van der Waals surface area contributed by atoms with Gasteiger partial charge in [0.2, 0.25) is 6.33 Å². The van der Waals surface area contributed by atoms with Crippen LogP contribution in [0.5, 0.6) is 28.7 Å². The van der Waals surface area contributed by atoms with Crippen molar-refractivity contribution in [2.75, 3.05) is 19.8 Å². The van der Waals surface area contributed by atoms with E-state index in [0.29, 0.717) is 67.6 Å². The summed E-state index contributed by atoms with van der Waals surface area (Å²) in [6, 6.07) is 26.4. The molecule has 5 aromatic rings. The highest BCUT2D eigenvalue weighted by atomic mass is 16.5. The molecule has 12 nitrogen and oxygen atoms in total. The number of imidazole rings is 1. The fourth-order valence-electron chi connectivity index (χ4n) is 4.70. The van der Waals surface area contributed by atoms with Gasteiger partial charge in [-0.25, -0.2) is 28.3 Å². The molecule has 0 amide bonds. The number of aromatic nitrogens is 2. The number of ether oxygens (including phenoxy) is 6. The van der Waals surface area contributed by atoms with E-state index in [1.54, 1.807) is 60.7 Å². The molecule has 0 fully saturated rings. The Hall–Kier alpha value is -6.95. The average molecular weight is 718 g/mol. The van der Waals surface area contributed by atoms with Crippen molar-refractivity contribution in [1.29, 1.82) is 0 Å². The second-order valence-electron chi connectivity index (χ2n) is 11.3. The van der Waals surface area contributed by atoms with E-state index in [9.17, 15) is 19.2 Å². The van der Waals surface area contributed by atoms with Crippen LogP contribution in [0.4, 0.5) is 0 Å². The molecule has 270 valence electrons. The van der Waals surface area contributed by atoms with Crippen molar-refractivity contribution in [3.8, 4) is 34.4 Å². The Morgan fingerprint density at radius 2 is 1.04 bits per heavy atom. The zero-order valence-corrected chi connectivity index (χ0v) is 28.8. The van der Waals surface area contributed by atoms with Crippen LogP contribution in [0.1, 0.15) is 33.6 Å². The molecule has 1 aromatic heterocycles. The van der Waals surface area contributed by atoms with Crippen molar-refractivity contribution in [3.63, 3.8) is 0 Å². The van der Waals surface area contributed by atoms with Crippen LogP contribution >= 0.6 is 0 Å². The zero-order valence-electron chi connectivity index (χ0n) is 28.8. The highest BCUT2D eigenvalue weighted by Crippen LogP contribution is 2.22. The van der Waals surface area contributed by atoms with Crippen LogP contribution in [-0.2, 0) is 20.9 Å². The number of carbonyl (C=O) groups is 4. The fourth-order valence-corrected chi connectivity index (χ4v) is 4.70. The van der Waals surface area contributed by atoms with E-state index < -0.39 is 23.9 Å². The Kier molecular flexibility index (Phi) is 13.3. The minimum atomic E-state index is -0.554. The first-order valence-electron chi connectivity index (χ1n) is 16.6. The summed E-state index contributed by atoms with van der Waals surface area (Å²) < 4.78 is 36.4. The van der Waals surface area contributed by atoms with Gasteiger partial charge >= 0.3 is 23.9 Å². The smallest absolute Gasteiger partial charge is 0.343 e. The third-order valence-electron chi connectivity index (χ3n) is 7.47. The summed E-state index contributed by atoms with van der Waals surface area (Å²) in [5.41, 5.74) is 1.57. The monoisotopic (exact) mass is 717 g/mol. The third kappa shape index (κ3) is 11.5. The van der Waals surface area contributed by atoms with Crippen LogP contribution in [0.25, 0.3) is 5.69 Å². The number of rotatable bonds is 18. The number of carbonyl (C=O) groups excluding carboxylic acids is 4. The number of hydrogen-bond acceptors (Lipinski definition) is 10. The lowest BCUT2D eigenvalue weighted by molar-refractivity contribution is -0.696. The summed E-state index contributed by atoms with van der Waals surface area (Å²) in [5.74, 6) is 0.122. The van der Waals surface area contributed by atoms with E-state index in [2.05, 4.69) is 13.2 Å². The molecule has 0 spiro atoms. The minimum absolute atomic E-state index is 0.283. The zero-order chi connectivity index (χ0) is 37.4. The first-order valence-corrected chi connectivity index (χ1v) is 16.6. The fraction of sp³-hybridized carbons (Fsp3) is 0.146. The molecule has 0 saturated heterocycles. The molecule has 53 heavy (non-hydrogen) atoms. The average Bonchev–Trinajstić information content (AvgIpc) is 3.66. The standard InChI is InChI=1S/C41H37N2O10/c1-3-38(44)50-27-6-5-26-48-33-13-7-30(8-14-33)40(46)52-36-19-21-37(22-20-36)53-41(47)31-9-15-34(16-10-31)49-28-25-42-23-24-43(29-42)32-11-17-35(18-12-32)51-39(45)4-2/h3-4,7-24,29H,1-2,5-6,25-28H2/q+1. The lowest BCUT2D eigenvalue weighted by atomic mass is 10.2. The molecule has 0 atom stereocenters. The van der Waals surface area contributed by atoms with Crippen molar-refractivity contribution in [2.45, 2.75) is 19.4 Å². The van der Waals surface area contributed by atoms with Gasteiger partial charge in [0, 0.05) is 12.2 Å². The van der Waals surface area contributed by atoms with E-state index in [0.717, 1.165) is 17.8 Å². The molecule has 0 N–H and O–H groups in total. The summed E-state index contributed by atoms with van der Waals surface area (Å²) in [6.45, 7) is 8.44. The van der Waals surface area contributed by atoms with Crippen LogP contribution < -0.4 is 28.3 Å². The molecule has 0 aliphatic heterocycles. The molecule has 0 bridgehead atoms. The van der Waals surface area contributed by atoms with Crippen molar-refractivity contribution in [3.05, 3.63) is 152 Å². The van der Waals surface area contributed by atoms with E-state index in [4.69, 9.17) is 28.4 Å². The maximum absolute atomic E-state index is 12.7. The van der Waals surface area contributed by atoms with Crippen LogP contribution in [0.2, 0.25) is 0 Å². The minimum Gasteiger partial charge on any atom is -0.494 e. The molecule has 0 radical (unpaired) electrons. The van der Waals surface area contributed by atoms with Crippen LogP contribution in [0.3, 0.4) is 0 Å². The molecule has 12 heteroatoms. The first kappa shape index (κ1) is 37.3. The largest absolute Gasteiger partial charge is 0.494 e. The van der Waals surface area contributed by atoms with Gasteiger partial charge in [-0.05, 0) is 110 Å². The van der Waals surface area contributed by atoms with E-state index in [-0.39, 0.29) is 11.5 Å². The molecule has 0 unspecified atom stereocenters. The van der Waals surface area contributed by atoms with Crippen molar-refractivity contribution < 1.29 is 52.2 Å². The highest BCUT2D eigenvalue weighted by Gasteiger charge is 2.13. The SMILES string of the molecule is C=CC(=O)OCCCCOc1ccc(C(=O)Oc2ccc(OC(=O)c3ccc(OCC[n+]4ccn(-c5ccc(OC(=O)C=C)cc5)c4)cc3)cc2)cc1. The Bertz CT molecular complexity index is 2020. The topological polar surface area (TPSA) is 132 Å². The first-order chi connectivity index (χ1) is 25.8. The Morgan fingerprint density at radius 1 is 0.566 bits per heavy atom. The molecule has 1 heterocycles. The van der Waals surface area contributed by atoms with Gasteiger partial charge in [-0.1, -0.05) is 13.2 Å². The number of benzene rings is 4. The summed E-state index contributed by atoms with van der Waals surface area (Å²) in [5, 5.41) is 0. The van der Waals surface area contributed by atoms with Gasteiger partial charge in [-0.2, -0.15) is 0 Å². The Labute approximate surface area is 306 Å². The van der Waals surface area contributed by atoms with Gasteiger partial charge < -0.3 is 28.4 Å². The Balaban J connectivity index is 1.01. The van der Waals surface area contributed by atoms with E-state index in [1.807, 2.05) is 40.0 Å². The third-order valence-corrected chi connectivity index (χ3v) is 7.47. The lowest BCUT2D eigenvalue weighted by Crippen LogP contribution is -2.34. The molecule has 4 aromatic carbocycles. The summed E-state index contributed by atoms with van der Waals surface area (Å²) in [4.78, 5) is 47.8. The molecule has 5 rings (SSSR count). The molecular formula is C41H37N2O10+. The highest BCUT2D eigenvalue weighted by molar-refractivity contribution is 5.92. The van der Waals surface area contributed by atoms with Gasteiger partial charge in [-0.15, -0.1) is 0 Å². The normalized spacial score (nSPS) is 10.4. The van der Waals surface area contributed by atoms with Crippen molar-refractivity contribution in [1.82, 2.24) is 4.57 Å². The predicted molar refractivity (Wildman–Crippen MR) is 192 cm³/mol. The number of unbranched alkanes of at least 4 members (excludes halogenated alkanes) is 1. The maximum Gasteiger partial charge on any atom is 0.343 e. The molecule has 0 aliphatic carbocycles. The van der Waals surface area contributed by atoms with Gasteiger partial charge in [0.05, 0.1) is 24.3 Å². The number of hydrogen-bond donors (Lipinski definition) is 0.